The lowest BCUT2D eigenvalue weighted by molar-refractivity contribution is -0.145. The molecule has 0 fully saturated rings. The first kappa shape index (κ1) is 15.4. The Balaban J connectivity index is 2.71. The average Bonchev–Trinajstić information content (AvgIpc) is 2.38. The van der Waals surface area contributed by atoms with Crippen LogP contribution in [0.3, 0.4) is 0 Å². The van der Waals surface area contributed by atoms with Crippen molar-refractivity contribution in [3.63, 3.8) is 0 Å². The highest BCUT2D eigenvalue weighted by Gasteiger charge is 2.15. The summed E-state index contributed by atoms with van der Waals surface area (Å²) in [4.78, 5) is 15.9. The van der Waals surface area contributed by atoms with Crippen molar-refractivity contribution in [3.05, 3.63) is 23.0 Å². The number of carbonyl (C=O) groups is 1. The van der Waals surface area contributed by atoms with Crippen LogP contribution in [0, 0.1) is 13.8 Å². The molecular weight excluding hydrogens is 244 g/mol. The molecule has 0 radical (unpaired) electrons. The first-order valence-corrected chi connectivity index (χ1v) is 6.40. The van der Waals surface area contributed by atoms with Crippen LogP contribution in [0.25, 0.3) is 0 Å². The van der Waals surface area contributed by atoms with Crippen molar-refractivity contribution >= 4 is 5.97 Å². The summed E-state index contributed by atoms with van der Waals surface area (Å²) >= 11 is 0. The Morgan fingerprint density at radius 1 is 1.47 bits per heavy atom. The molecule has 0 aliphatic heterocycles. The van der Waals surface area contributed by atoms with Crippen LogP contribution in [0.1, 0.15) is 30.7 Å². The van der Waals surface area contributed by atoms with Crippen molar-refractivity contribution in [1.82, 2.24) is 10.3 Å². The number of aromatic nitrogens is 1. The van der Waals surface area contributed by atoms with Crippen molar-refractivity contribution < 1.29 is 14.3 Å². The van der Waals surface area contributed by atoms with Gasteiger partial charge < -0.3 is 9.47 Å². The summed E-state index contributed by atoms with van der Waals surface area (Å²) in [6, 6.07) is -0.353. The van der Waals surface area contributed by atoms with Gasteiger partial charge in [-0.05, 0) is 27.7 Å². The van der Waals surface area contributed by atoms with E-state index in [0.29, 0.717) is 13.2 Å². The Hall–Kier alpha value is -1.62. The van der Waals surface area contributed by atoms with E-state index in [4.69, 9.17) is 9.47 Å². The number of nitrogens with one attached hydrogen (secondary N) is 1. The summed E-state index contributed by atoms with van der Waals surface area (Å²) in [5.41, 5.74) is 2.87. The molecule has 1 unspecified atom stereocenters. The third-order valence-electron chi connectivity index (χ3n) is 2.97. The molecule has 0 saturated heterocycles. The van der Waals surface area contributed by atoms with E-state index in [1.54, 1.807) is 27.2 Å². The van der Waals surface area contributed by atoms with Gasteiger partial charge in [-0.2, -0.15) is 0 Å². The van der Waals surface area contributed by atoms with Crippen LogP contribution in [0.4, 0.5) is 0 Å². The van der Waals surface area contributed by atoms with E-state index in [0.717, 1.165) is 22.6 Å². The summed E-state index contributed by atoms with van der Waals surface area (Å²) in [7, 11) is 1.65. The smallest absolute Gasteiger partial charge is 0.322 e. The number of esters is 1. The van der Waals surface area contributed by atoms with E-state index in [9.17, 15) is 4.79 Å². The zero-order valence-electron chi connectivity index (χ0n) is 12.2. The summed E-state index contributed by atoms with van der Waals surface area (Å²) in [5, 5.41) is 3.10. The summed E-state index contributed by atoms with van der Waals surface area (Å²) < 4.78 is 10.3. The number of hydrogen-bond acceptors (Lipinski definition) is 5. The van der Waals surface area contributed by atoms with Crippen LogP contribution in [0.5, 0.6) is 5.75 Å². The molecule has 0 aliphatic rings. The van der Waals surface area contributed by atoms with Crippen LogP contribution in [0.2, 0.25) is 0 Å². The maximum atomic E-state index is 11.5. The van der Waals surface area contributed by atoms with Crippen molar-refractivity contribution in [2.45, 2.75) is 40.3 Å². The molecule has 0 aromatic carbocycles. The number of nitrogens with zero attached hydrogens (tertiary/aromatic N) is 1. The molecule has 1 heterocycles. The maximum absolute atomic E-state index is 11.5. The first-order valence-electron chi connectivity index (χ1n) is 6.40. The standard InChI is InChI=1S/C14H22N2O3/c1-6-19-14(17)11(4)15-8-12-10(3)13(18-5)9(2)7-16-12/h7,11,15H,6,8H2,1-5H3. The summed E-state index contributed by atoms with van der Waals surface area (Å²) in [5.74, 6) is 0.592. The number of carbonyl (C=O) groups excluding carboxylic acids is 1. The molecule has 1 N–H and O–H groups in total. The number of pyridine rings is 1. The fraction of sp³-hybridized carbons (Fsp3) is 0.571. The minimum absolute atomic E-state index is 0.251. The van der Waals surface area contributed by atoms with Gasteiger partial charge in [-0.1, -0.05) is 0 Å². The molecule has 106 valence electrons. The Morgan fingerprint density at radius 2 is 2.16 bits per heavy atom. The largest absolute Gasteiger partial charge is 0.496 e. The van der Waals surface area contributed by atoms with Crippen LogP contribution in [-0.4, -0.2) is 30.7 Å². The topological polar surface area (TPSA) is 60.5 Å². The third-order valence-corrected chi connectivity index (χ3v) is 2.97. The number of aryl methyl sites for hydroxylation is 1. The van der Waals surface area contributed by atoms with Crippen molar-refractivity contribution in [1.29, 1.82) is 0 Å². The van der Waals surface area contributed by atoms with Crippen molar-refractivity contribution in [2.75, 3.05) is 13.7 Å². The van der Waals surface area contributed by atoms with Gasteiger partial charge in [-0.3, -0.25) is 15.1 Å². The molecule has 1 atom stereocenters. The van der Waals surface area contributed by atoms with Gasteiger partial charge in [0.25, 0.3) is 0 Å². The number of hydrogen-bond donors (Lipinski definition) is 1. The number of rotatable bonds is 6. The summed E-state index contributed by atoms with van der Waals surface area (Å²) in [6.07, 6.45) is 1.78. The van der Waals surface area contributed by atoms with E-state index < -0.39 is 0 Å². The lowest BCUT2D eigenvalue weighted by atomic mass is 10.1. The van der Waals surface area contributed by atoms with Gasteiger partial charge in [0.15, 0.2) is 0 Å². The van der Waals surface area contributed by atoms with E-state index in [1.165, 1.54) is 0 Å². The predicted molar refractivity (Wildman–Crippen MR) is 73.2 cm³/mol. The average molecular weight is 266 g/mol. The van der Waals surface area contributed by atoms with E-state index in [1.807, 2.05) is 13.8 Å². The SMILES string of the molecule is CCOC(=O)C(C)NCc1ncc(C)c(OC)c1C. The van der Waals surface area contributed by atoms with Crippen LogP contribution >= 0.6 is 0 Å². The fourth-order valence-electron chi connectivity index (χ4n) is 1.85. The molecule has 0 saturated carbocycles. The lowest BCUT2D eigenvalue weighted by Crippen LogP contribution is -2.35. The minimum Gasteiger partial charge on any atom is -0.496 e. The van der Waals surface area contributed by atoms with Crippen molar-refractivity contribution in [2.24, 2.45) is 0 Å². The van der Waals surface area contributed by atoms with Gasteiger partial charge in [0.1, 0.15) is 11.8 Å². The predicted octanol–water partition coefficient (Wildman–Crippen LogP) is 1.75. The molecule has 0 bridgehead atoms. The molecular formula is C14H22N2O3. The van der Waals surface area contributed by atoms with Gasteiger partial charge in [0, 0.05) is 23.9 Å². The lowest BCUT2D eigenvalue weighted by Gasteiger charge is -2.15. The fourth-order valence-corrected chi connectivity index (χ4v) is 1.85. The maximum Gasteiger partial charge on any atom is 0.322 e. The normalized spacial score (nSPS) is 12.1. The van der Waals surface area contributed by atoms with Crippen LogP contribution in [-0.2, 0) is 16.1 Å². The molecule has 5 heteroatoms. The number of ether oxygens (including phenoxy) is 2. The van der Waals surface area contributed by atoms with E-state index in [-0.39, 0.29) is 12.0 Å². The van der Waals surface area contributed by atoms with Crippen molar-refractivity contribution in [3.8, 4) is 5.75 Å². The molecule has 0 amide bonds. The Kier molecular flexibility index (Phi) is 5.76. The Bertz CT molecular complexity index is 447. The molecule has 0 spiro atoms. The Morgan fingerprint density at radius 3 is 2.74 bits per heavy atom. The second-order valence-electron chi connectivity index (χ2n) is 4.40. The van der Waals surface area contributed by atoms with Crippen LogP contribution < -0.4 is 10.1 Å². The van der Waals surface area contributed by atoms with E-state index in [2.05, 4.69) is 10.3 Å². The highest BCUT2D eigenvalue weighted by Crippen LogP contribution is 2.23. The molecule has 1 aromatic rings. The minimum atomic E-state index is -0.353. The summed E-state index contributed by atoms with van der Waals surface area (Å²) in [6.45, 7) is 8.38. The molecule has 0 aliphatic carbocycles. The number of methoxy groups -OCH3 is 1. The molecule has 1 rings (SSSR count). The van der Waals surface area contributed by atoms with Gasteiger partial charge >= 0.3 is 5.97 Å². The second-order valence-corrected chi connectivity index (χ2v) is 4.40. The third kappa shape index (κ3) is 3.92. The zero-order valence-corrected chi connectivity index (χ0v) is 12.2. The molecule has 5 nitrogen and oxygen atoms in total. The van der Waals surface area contributed by atoms with Gasteiger partial charge in [-0.25, -0.2) is 0 Å². The van der Waals surface area contributed by atoms with Gasteiger partial charge in [0.05, 0.1) is 19.4 Å². The molecule has 1 aromatic heterocycles. The highest BCUT2D eigenvalue weighted by molar-refractivity contribution is 5.75. The Labute approximate surface area is 114 Å². The quantitative estimate of drug-likeness (QED) is 0.795. The van der Waals surface area contributed by atoms with Crippen LogP contribution in [0.15, 0.2) is 6.20 Å². The second kappa shape index (κ2) is 7.09. The van der Waals surface area contributed by atoms with Gasteiger partial charge in [-0.15, -0.1) is 0 Å². The monoisotopic (exact) mass is 266 g/mol. The molecule has 19 heavy (non-hydrogen) atoms. The zero-order chi connectivity index (χ0) is 14.4. The van der Waals surface area contributed by atoms with E-state index >= 15 is 0 Å². The highest BCUT2D eigenvalue weighted by atomic mass is 16.5. The van der Waals surface area contributed by atoms with Gasteiger partial charge in [0.2, 0.25) is 0 Å². The first-order chi connectivity index (χ1) is 9.01.